The van der Waals surface area contributed by atoms with Crippen LogP contribution in [0, 0.1) is 0 Å². The van der Waals surface area contributed by atoms with Crippen molar-refractivity contribution in [3.63, 3.8) is 0 Å². The molecule has 3 nitrogen and oxygen atoms in total. The van der Waals surface area contributed by atoms with Crippen LogP contribution in [0.4, 0.5) is 0 Å². The lowest BCUT2D eigenvalue weighted by molar-refractivity contribution is -0.870. The Morgan fingerprint density at radius 1 is 1.33 bits per heavy atom. The van der Waals surface area contributed by atoms with E-state index in [1.165, 1.54) is 6.07 Å². The highest BCUT2D eigenvalue weighted by Crippen LogP contribution is 2.23. The maximum absolute atomic E-state index is 9.67. The lowest BCUT2D eigenvalue weighted by Crippen LogP contribution is -2.35. The third-order valence-electron chi connectivity index (χ3n) is 2.18. The summed E-state index contributed by atoms with van der Waals surface area (Å²) in [6.07, 6.45) is 1.35. The Balaban J connectivity index is 2.82. The van der Waals surface area contributed by atoms with Gasteiger partial charge in [0.05, 0.1) is 30.4 Å². The van der Waals surface area contributed by atoms with Crippen LogP contribution in [0.15, 0.2) is 18.2 Å². The van der Waals surface area contributed by atoms with Crippen LogP contribution in [0.1, 0.15) is 14.7 Å². The monoisotopic (exact) mass is 214 g/mol. The second-order valence-corrected chi connectivity index (χ2v) is 4.74. The topological polar surface area (TPSA) is 40.5 Å². The van der Waals surface area contributed by atoms with Crippen molar-refractivity contribution in [2.75, 3.05) is 27.7 Å². The molecule has 0 bridgehead atoms. The third kappa shape index (κ3) is 4.21. The van der Waals surface area contributed by atoms with Gasteiger partial charge in [-0.3, -0.25) is 0 Å². The van der Waals surface area contributed by atoms with Crippen molar-refractivity contribution in [3.05, 3.63) is 23.7 Å². The Hall–Kier alpha value is -1.22. The number of nitrogens with zero attached hydrogens (tertiary/aromatic N) is 1. The van der Waals surface area contributed by atoms with E-state index >= 15 is 0 Å². The predicted octanol–water partition coefficient (Wildman–Crippen LogP) is 1.74. The van der Waals surface area contributed by atoms with Crippen LogP contribution < -0.4 is 0 Å². The van der Waals surface area contributed by atoms with Crippen molar-refractivity contribution < 1.29 is 17.4 Å². The van der Waals surface area contributed by atoms with E-state index in [0.29, 0.717) is 12.0 Å². The minimum Gasteiger partial charge on any atom is -0.508 e. The Kier molecular flexibility index (Phi) is 2.73. The predicted molar refractivity (Wildman–Crippen MR) is 61.0 cm³/mol. The van der Waals surface area contributed by atoms with Gasteiger partial charge in [-0.1, -0.05) is 0 Å². The smallest absolute Gasteiger partial charge is 0.119 e. The van der Waals surface area contributed by atoms with Crippen molar-refractivity contribution in [1.82, 2.24) is 0 Å². The van der Waals surface area contributed by atoms with Crippen LogP contribution >= 0.6 is 0 Å². The number of hydrogen-bond donors (Lipinski definition) is 2. The molecular formula is C12H20NO2+. The van der Waals surface area contributed by atoms with Crippen molar-refractivity contribution in [3.8, 4) is 11.5 Å². The highest BCUT2D eigenvalue weighted by Gasteiger charge is 2.08. The average Bonchev–Trinajstić information content (AvgIpc) is 2.18. The zero-order chi connectivity index (χ0) is 13.2. The Bertz CT molecular complexity index is 414. The first-order valence-corrected chi connectivity index (χ1v) is 5.04. The van der Waals surface area contributed by atoms with Gasteiger partial charge in [0, 0.05) is 6.42 Å². The molecule has 0 saturated carbocycles. The molecule has 1 rings (SSSR count). The molecule has 1 aromatic rings. The minimum atomic E-state index is -0.358. The second-order valence-electron chi connectivity index (χ2n) is 4.74. The summed E-state index contributed by atoms with van der Waals surface area (Å²) in [5.74, 6) is -0.428. The van der Waals surface area contributed by atoms with E-state index in [2.05, 4.69) is 21.1 Å². The molecule has 3 heteroatoms. The van der Waals surface area contributed by atoms with Gasteiger partial charge in [0.25, 0.3) is 0 Å². The van der Waals surface area contributed by atoms with E-state index in [1.54, 1.807) is 0 Å². The van der Waals surface area contributed by atoms with Gasteiger partial charge in [-0.25, -0.2) is 0 Å². The number of quaternary nitrogens is 1. The fourth-order valence-electron chi connectivity index (χ4n) is 1.39. The van der Waals surface area contributed by atoms with E-state index in [4.69, 9.17) is 2.74 Å². The number of aromatic hydroxyl groups is 2. The van der Waals surface area contributed by atoms with Crippen LogP contribution in [0.2, 0.25) is 0 Å². The molecule has 2 N–H and O–H groups in total. The molecule has 0 aromatic heterocycles. The summed E-state index contributed by atoms with van der Waals surface area (Å²) in [6, 6.07) is 0.855. The van der Waals surface area contributed by atoms with E-state index < -0.39 is 0 Å². The summed E-state index contributed by atoms with van der Waals surface area (Å²) in [7, 11) is 6.23. The standard InChI is InChI=1S/C12H19NO2/c1-13(2,3)8-4-5-10-9-11(14)6-7-12(10)15/h6-7,9H,4-5,8H2,1-3H3,(H-,14,15)/p+1/i6T,9T. The highest BCUT2D eigenvalue weighted by molar-refractivity contribution is 5.38. The van der Waals surface area contributed by atoms with Gasteiger partial charge in [0.2, 0.25) is 0 Å². The number of rotatable bonds is 4. The summed E-state index contributed by atoms with van der Waals surface area (Å²) >= 11 is 0. The van der Waals surface area contributed by atoms with Crippen molar-refractivity contribution >= 4 is 0 Å². The first-order valence-electron chi connectivity index (χ1n) is 6.04. The van der Waals surface area contributed by atoms with E-state index in [-0.39, 0.29) is 23.6 Å². The maximum Gasteiger partial charge on any atom is 0.119 e. The molecule has 0 unspecified atom stereocenters. The van der Waals surface area contributed by atoms with Gasteiger partial charge in [-0.15, -0.1) is 0 Å². The van der Waals surface area contributed by atoms with E-state index in [9.17, 15) is 10.2 Å². The van der Waals surface area contributed by atoms with Gasteiger partial charge in [-0.05, 0) is 30.1 Å². The lowest BCUT2D eigenvalue weighted by Gasteiger charge is -2.23. The third-order valence-corrected chi connectivity index (χ3v) is 2.18. The molecule has 1 aromatic carbocycles. The van der Waals surface area contributed by atoms with Gasteiger partial charge >= 0.3 is 0 Å². The van der Waals surface area contributed by atoms with Crippen LogP contribution in [-0.2, 0) is 6.42 Å². The largest absolute Gasteiger partial charge is 0.508 e. The highest BCUT2D eigenvalue weighted by atomic mass is 16.3. The average molecular weight is 214 g/mol. The molecular weight excluding hydrogens is 190 g/mol. The molecule has 0 fully saturated rings. The van der Waals surface area contributed by atoms with E-state index in [0.717, 1.165) is 17.4 Å². The summed E-state index contributed by atoms with van der Waals surface area (Å²) in [6.45, 7) is 0.919. The maximum atomic E-state index is 9.67. The SMILES string of the molecule is [3H]c1cc(O)c(CCC[N+](C)(C)C)c([3H])c1O. The summed E-state index contributed by atoms with van der Waals surface area (Å²) in [5, 5.41) is 19.2. The molecule has 0 saturated heterocycles. The molecule has 15 heavy (non-hydrogen) atoms. The first-order chi connectivity index (χ1) is 7.72. The Morgan fingerprint density at radius 2 is 2.00 bits per heavy atom. The molecule has 84 valence electrons. The zero-order valence-corrected chi connectivity index (χ0v) is 9.54. The normalized spacial score (nSPS) is 13.5. The molecule has 0 aliphatic carbocycles. The fourth-order valence-corrected chi connectivity index (χ4v) is 1.39. The molecule has 0 aliphatic rings. The van der Waals surface area contributed by atoms with Crippen molar-refractivity contribution in [2.24, 2.45) is 0 Å². The minimum absolute atomic E-state index is 0.0702. The molecule has 0 atom stereocenters. The number of phenols is 2. The van der Waals surface area contributed by atoms with Crippen LogP contribution in [0.5, 0.6) is 11.5 Å². The van der Waals surface area contributed by atoms with Gasteiger partial charge in [0.15, 0.2) is 0 Å². The van der Waals surface area contributed by atoms with Crippen LogP contribution in [0.25, 0.3) is 0 Å². The summed E-state index contributed by atoms with van der Waals surface area (Å²) < 4.78 is 15.8. The molecule has 0 radical (unpaired) electrons. The van der Waals surface area contributed by atoms with Crippen LogP contribution in [0.3, 0.4) is 0 Å². The Labute approximate surface area is 94.0 Å². The number of phenolic OH excluding ortho intramolecular Hbond substituents is 2. The van der Waals surface area contributed by atoms with Gasteiger partial charge < -0.3 is 14.7 Å². The number of benzene rings is 1. The van der Waals surface area contributed by atoms with Gasteiger partial charge in [0.1, 0.15) is 11.5 Å². The van der Waals surface area contributed by atoms with Crippen molar-refractivity contribution in [1.29, 1.82) is 0 Å². The van der Waals surface area contributed by atoms with E-state index in [1.807, 2.05) is 0 Å². The lowest BCUT2D eigenvalue weighted by atomic mass is 10.1. The van der Waals surface area contributed by atoms with Crippen molar-refractivity contribution in [2.45, 2.75) is 12.8 Å². The molecule has 0 amide bonds. The molecule has 0 heterocycles. The molecule has 0 aliphatic heterocycles. The second kappa shape index (κ2) is 4.53. The zero-order valence-electron chi connectivity index (χ0n) is 11.5. The van der Waals surface area contributed by atoms with Gasteiger partial charge in [-0.2, -0.15) is 0 Å². The van der Waals surface area contributed by atoms with Crippen LogP contribution in [-0.4, -0.2) is 42.4 Å². The summed E-state index contributed by atoms with van der Waals surface area (Å²) in [4.78, 5) is 0. The summed E-state index contributed by atoms with van der Waals surface area (Å²) in [5.41, 5.74) is 0.423. The molecule has 0 spiro atoms. The fraction of sp³-hybridized carbons (Fsp3) is 0.500. The Morgan fingerprint density at radius 3 is 2.60 bits per heavy atom. The number of hydrogen-bond acceptors (Lipinski definition) is 2. The first kappa shape index (κ1) is 9.04. The quantitative estimate of drug-likeness (QED) is 0.592.